The summed E-state index contributed by atoms with van der Waals surface area (Å²) in [7, 11) is 1.72. The normalized spacial score (nSPS) is 10.9. The Kier molecular flexibility index (Phi) is 3.06. The van der Waals surface area contributed by atoms with Crippen LogP contribution in [0.1, 0.15) is 16.1 Å². The molecule has 0 saturated carbocycles. The number of imidazole rings is 1. The second kappa shape index (κ2) is 4.90. The summed E-state index contributed by atoms with van der Waals surface area (Å²) in [6, 6.07) is 10.6. The molecule has 0 unspecified atom stereocenters. The van der Waals surface area contributed by atoms with E-state index >= 15 is 0 Å². The third-order valence-corrected chi connectivity index (χ3v) is 3.44. The van der Waals surface area contributed by atoms with E-state index < -0.39 is 5.97 Å². The van der Waals surface area contributed by atoms with Gasteiger partial charge in [-0.15, -0.1) is 0 Å². The van der Waals surface area contributed by atoms with Crippen LogP contribution in [0.25, 0.3) is 11.0 Å². The molecule has 0 aliphatic heterocycles. The number of carboxylic acid groups (broad SMARTS) is 1. The zero-order valence-electron chi connectivity index (χ0n) is 11.4. The number of carbonyl (C=O) groups is 1. The Hall–Kier alpha value is -2.89. The lowest BCUT2D eigenvalue weighted by Crippen LogP contribution is -2.23. The first-order valence-corrected chi connectivity index (χ1v) is 6.40. The highest BCUT2D eigenvalue weighted by Crippen LogP contribution is 2.13. The number of pyridine rings is 1. The molecule has 0 aliphatic rings. The van der Waals surface area contributed by atoms with E-state index in [0.29, 0.717) is 12.2 Å². The first-order valence-electron chi connectivity index (χ1n) is 6.40. The Balaban J connectivity index is 2.04. The van der Waals surface area contributed by atoms with Gasteiger partial charge in [-0.2, -0.15) is 0 Å². The number of nitrogens with zero attached hydrogens (tertiary/aromatic N) is 3. The molecule has 0 atom stereocenters. The summed E-state index contributed by atoms with van der Waals surface area (Å²) in [5.41, 5.74) is 2.32. The summed E-state index contributed by atoms with van der Waals surface area (Å²) < 4.78 is 3.21. The number of hydrogen-bond acceptors (Lipinski definition) is 3. The third kappa shape index (κ3) is 2.20. The summed E-state index contributed by atoms with van der Waals surface area (Å²) >= 11 is 0. The van der Waals surface area contributed by atoms with Crippen molar-refractivity contribution in [2.24, 2.45) is 7.05 Å². The van der Waals surface area contributed by atoms with Crippen molar-refractivity contribution in [3.05, 3.63) is 64.3 Å². The Bertz CT molecular complexity index is 875. The summed E-state index contributed by atoms with van der Waals surface area (Å²) in [5.74, 6) is -1.02. The molecule has 21 heavy (non-hydrogen) atoms. The molecule has 0 spiro atoms. The number of rotatable bonds is 3. The van der Waals surface area contributed by atoms with Crippen molar-refractivity contribution in [3.63, 3.8) is 0 Å². The van der Waals surface area contributed by atoms with E-state index in [1.807, 2.05) is 24.3 Å². The van der Waals surface area contributed by atoms with Gasteiger partial charge in [-0.1, -0.05) is 12.1 Å². The van der Waals surface area contributed by atoms with E-state index in [0.717, 1.165) is 11.0 Å². The Morgan fingerprint density at radius 1 is 1.19 bits per heavy atom. The molecule has 106 valence electrons. The highest BCUT2D eigenvalue weighted by molar-refractivity contribution is 5.87. The number of aryl methyl sites for hydroxylation is 1. The zero-order valence-corrected chi connectivity index (χ0v) is 11.4. The molecular formula is C15H13N3O3. The lowest BCUT2D eigenvalue weighted by atomic mass is 10.2. The minimum absolute atomic E-state index is 0.125. The highest BCUT2D eigenvalue weighted by Gasteiger charge is 2.11. The van der Waals surface area contributed by atoms with E-state index in [1.165, 1.54) is 12.3 Å². The topological polar surface area (TPSA) is 77.1 Å². The van der Waals surface area contributed by atoms with Gasteiger partial charge >= 0.3 is 11.7 Å². The molecule has 3 aromatic rings. The van der Waals surface area contributed by atoms with Gasteiger partial charge in [0.2, 0.25) is 0 Å². The minimum atomic E-state index is -1.02. The molecule has 2 aromatic heterocycles. The fraction of sp³-hybridized carbons (Fsp3) is 0.133. The average Bonchev–Trinajstić information content (AvgIpc) is 2.73. The first kappa shape index (κ1) is 13.1. The molecule has 6 heteroatoms. The molecule has 2 heterocycles. The van der Waals surface area contributed by atoms with Crippen LogP contribution in [0.15, 0.2) is 47.4 Å². The van der Waals surface area contributed by atoms with E-state index in [4.69, 9.17) is 5.11 Å². The van der Waals surface area contributed by atoms with Crippen molar-refractivity contribution in [1.82, 2.24) is 14.1 Å². The quantitative estimate of drug-likeness (QED) is 0.790. The van der Waals surface area contributed by atoms with E-state index in [9.17, 15) is 9.59 Å². The number of fused-ring (bicyclic) bond motifs is 1. The molecule has 0 amide bonds. The van der Waals surface area contributed by atoms with Crippen LogP contribution in [0.5, 0.6) is 0 Å². The van der Waals surface area contributed by atoms with Crippen molar-refractivity contribution in [2.75, 3.05) is 0 Å². The number of carboxylic acids is 1. The van der Waals surface area contributed by atoms with Crippen LogP contribution in [-0.2, 0) is 13.6 Å². The third-order valence-electron chi connectivity index (χ3n) is 3.44. The number of para-hydroxylation sites is 2. The minimum Gasteiger partial charge on any atom is -0.478 e. The van der Waals surface area contributed by atoms with Gasteiger partial charge in [-0.25, -0.2) is 9.59 Å². The average molecular weight is 283 g/mol. The Morgan fingerprint density at radius 3 is 2.52 bits per heavy atom. The largest absolute Gasteiger partial charge is 0.478 e. The summed E-state index contributed by atoms with van der Waals surface area (Å²) in [4.78, 5) is 27.2. The SMILES string of the molecule is Cn1c(=O)n(Cc2ccc(C(=O)O)cn2)c2ccccc21. The van der Waals surface area contributed by atoms with Crippen LogP contribution in [0.2, 0.25) is 0 Å². The summed E-state index contributed by atoms with van der Waals surface area (Å²) in [6.07, 6.45) is 1.30. The smallest absolute Gasteiger partial charge is 0.337 e. The molecule has 1 N–H and O–H groups in total. The fourth-order valence-electron chi connectivity index (χ4n) is 2.32. The van der Waals surface area contributed by atoms with Crippen molar-refractivity contribution < 1.29 is 9.90 Å². The molecule has 1 aromatic carbocycles. The van der Waals surface area contributed by atoms with Crippen molar-refractivity contribution in [1.29, 1.82) is 0 Å². The summed E-state index contributed by atoms with van der Waals surface area (Å²) in [5, 5.41) is 8.86. The second-order valence-electron chi connectivity index (χ2n) is 4.76. The maximum absolute atomic E-state index is 12.3. The van der Waals surface area contributed by atoms with Gasteiger partial charge in [0.15, 0.2) is 0 Å². The van der Waals surface area contributed by atoms with Gasteiger partial charge in [0.05, 0.1) is 28.8 Å². The number of benzene rings is 1. The van der Waals surface area contributed by atoms with Crippen molar-refractivity contribution >= 4 is 17.0 Å². The maximum Gasteiger partial charge on any atom is 0.337 e. The van der Waals surface area contributed by atoms with Crippen LogP contribution in [0.3, 0.4) is 0 Å². The Morgan fingerprint density at radius 2 is 1.90 bits per heavy atom. The van der Waals surface area contributed by atoms with Gasteiger partial charge < -0.3 is 5.11 Å². The number of aromatic carboxylic acids is 1. The van der Waals surface area contributed by atoms with Gasteiger partial charge in [0, 0.05) is 13.2 Å². The summed E-state index contributed by atoms with van der Waals surface area (Å²) in [6.45, 7) is 0.306. The van der Waals surface area contributed by atoms with Crippen LogP contribution in [0, 0.1) is 0 Å². The van der Waals surface area contributed by atoms with Crippen LogP contribution >= 0.6 is 0 Å². The molecule has 0 saturated heterocycles. The van der Waals surface area contributed by atoms with Gasteiger partial charge in [-0.3, -0.25) is 14.1 Å². The lowest BCUT2D eigenvalue weighted by Gasteiger charge is -2.03. The van der Waals surface area contributed by atoms with Crippen LogP contribution < -0.4 is 5.69 Å². The number of aromatic nitrogens is 3. The molecule has 6 nitrogen and oxygen atoms in total. The van der Waals surface area contributed by atoms with Crippen molar-refractivity contribution in [2.45, 2.75) is 6.54 Å². The molecule has 0 radical (unpaired) electrons. The first-order chi connectivity index (χ1) is 10.1. The Labute approximate surface area is 119 Å². The molecular weight excluding hydrogens is 270 g/mol. The van der Waals surface area contributed by atoms with Crippen LogP contribution in [-0.4, -0.2) is 25.2 Å². The fourth-order valence-corrected chi connectivity index (χ4v) is 2.32. The van der Waals surface area contributed by atoms with Crippen molar-refractivity contribution in [3.8, 4) is 0 Å². The molecule has 3 rings (SSSR count). The standard InChI is InChI=1S/C15H13N3O3/c1-17-12-4-2-3-5-13(12)18(15(17)21)9-11-7-6-10(8-16-11)14(19)20/h2-8H,9H2,1H3,(H,19,20). The predicted octanol–water partition coefficient (Wildman–Crippen LogP) is 1.48. The zero-order chi connectivity index (χ0) is 15.0. The predicted molar refractivity (Wildman–Crippen MR) is 77.5 cm³/mol. The van der Waals surface area contributed by atoms with Gasteiger partial charge in [0.1, 0.15) is 0 Å². The molecule has 0 aliphatic carbocycles. The van der Waals surface area contributed by atoms with Gasteiger partial charge in [-0.05, 0) is 24.3 Å². The second-order valence-corrected chi connectivity index (χ2v) is 4.76. The monoisotopic (exact) mass is 283 g/mol. The van der Waals surface area contributed by atoms with E-state index in [-0.39, 0.29) is 11.3 Å². The highest BCUT2D eigenvalue weighted by atomic mass is 16.4. The number of hydrogen-bond donors (Lipinski definition) is 1. The van der Waals surface area contributed by atoms with E-state index in [1.54, 1.807) is 22.2 Å². The maximum atomic E-state index is 12.3. The van der Waals surface area contributed by atoms with Gasteiger partial charge in [0.25, 0.3) is 0 Å². The molecule has 0 fully saturated rings. The van der Waals surface area contributed by atoms with E-state index in [2.05, 4.69) is 4.98 Å². The lowest BCUT2D eigenvalue weighted by molar-refractivity contribution is 0.0696. The van der Waals surface area contributed by atoms with Crippen LogP contribution in [0.4, 0.5) is 0 Å². The molecule has 0 bridgehead atoms.